The Kier molecular flexibility index (Phi) is 6.46. The molecular formula is C22H31ClN4O. The van der Waals surface area contributed by atoms with Crippen LogP contribution in [0, 0.1) is 5.92 Å². The monoisotopic (exact) mass is 402 g/mol. The zero-order valence-corrected chi connectivity index (χ0v) is 18.3. The van der Waals surface area contributed by atoms with Gasteiger partial charge in [0.05, 0.1) is 28.6 Å². The number of hydrogen-bond acceptors (Lipinski definition) is 3. The summed E-state index contributed by atoms with van der Waals surface area (Å²) in [6.45, 7) is 13.6. The van der Waals surface area contributed by atoms with Gasteiger partial charge in [-0.25, -0.2) is 4.68 Å². The van der Waals surface area contributed by atoms with Crippen LogP contribution in [0.25, 0.3) is 5.69 Å². The minimum Gasteiger partial charge on any atom is -0.334 e. The van der Waals surface area contributed by atoms with E-state index in [0.717, 1.165) is 37.4 Å². The average molecular weight is 403 g/mol. The second kappa shape index (κ2) is 8.66. The molecule has 6 heteroatoms. The Labute approximate surface area is 173 Å². The fraction of sp³-hybridized carbons (Fsp3) is 0.545. The summed E-state index contributed by atoms with van der Waals surface area (Å²) in [5, 5.41) is 5.66. The maximum Gasteiger partial charge on any atom is 0.225 e. The molecule has 0 aliphatic carbocycles. The number of fused-ring (bicyclic) bond motifs is 1. The van der Waals surface area contributed by atoms with E-state index in [4.69, 9.17) is 16.7 Å². The Morgan fingerprint density at radius 1 is 1.25 bits per heavy atom. The van der Waals surface area contributed by atoms with E-state index in [1.54, 1.807) is 0 Å². The Morgan fingerprint density at radius 3 is 2.57 bits per heavy atom. The van der Waals surface area contributed by atoms with Crippen LogP contribution >= 0.6 is 11.6 Å². The first-order valence-corrected chi connectivity index (χ1v) is 10.6. The van der Waals surface area contributed by atoms with Crippen molar-refractivity contribution >= 4 is 17.5 Å². The van der Waals surface area contributed by atoms with E-state index in [9.17, 15) is 4.79 Å². The molecule has 0 saturated carbocycles. The molecule has 1 aliphatic heterocycles. The third kappa shape index (κ3) is 4.11. The van der Waals surface area contributed by atoms with Gasteiger partial charge in [0.2, 0.25) is 5.91 Å². The number of nitrogens with zero attached hydrogens (tertiary/aromatic N) is 4. The predicted molar refractivity (Wildman–Crippen MR) is 114 cm³/mol. The summed E-state index contributed by atoms with van der Waals surface area (Å²) in [4.78, 5) is 17.1. The van der Waals surface area contributed by atoms with E-state index in [0.29, 0.717) is 11.6 Å². The lowest BCUT2D eigenvalue weighted by molar-refractivity contribution is -0.136. The topological polar surface area (TPSA) is 41.4 Å². The number of likely N-dealkylation sites (N-methyl/N-ethyl adjacent to an activating group) is 1. The molecule has 1 aliphatic rings. The highest BCUT2D eigenvalue weighted by molar-refractivity contribution is 6.32. The lowest BCUT2D eigenvalue weighted by Gasteiger charge is -2.30. The van der Waals surface area contributed by atoms with Crippen LogP contribution in [0.5, 0.6) is 0 Å². The van der Waals surface area contributed by atoms with Gasteiger partial charge < -0.3 is 4.90 Å². The molecule has 2 heterocycles. The lowest BCUT2D eigenvalue weighted by atomic mass is 10.0. The molecule has 152 valence electrons. The van der Waals surface area contributed by atoms with Gasteiger partial charge in [-0.1, -0.05) is 44.5 Å². The Hall–Kier alpha value is -1.85. The van der Waals surface area contributed by atoms with E-state index >= 15 is 0 Å². The number of para-hydroxylation sites is 1. The van der Waals surface area contributed by atoms with E-state index < -0.39 is 0 Å². The van der Waals surface area contributed by atoms with Crippen LogP contribution in [0.1, 0.15) is 51.6 Å². The van der Waals surface area contributed by atoms with Crippen molar-refractivity contribution in [3.8, 4) is 5.69 Å². The molecule has 0 bridgehead atoms. The molecule has 0 atom stereocenters. The van der Waals surface area contributed by atoms with Gasteiger partial charge in [0.1, 0.15) is 0 Å². The third-order valence-electron chi connectivity index (χ3n) is 5.47. The second-order valence-electron chi connectivity index (χ2n) is 8.07. The van der Waals surface area contributed by atoms with Crippen molar-refractivity contribution < 1.29 is 4.79 Å². The maximum absolute atomic E-state index is 12.8. The summed E-state index contributed by atoms with van der Waals surface area (Å²) in [6, 6.07) is 7.95. The number of benzene rings is 1. The maximum atomic E-state index is 12.8. The molecule has 0 N–H and O–H groups in total. The summed E-state index contributed by atoms with van der Waals surface area (Å²) in [5.74, 6) is 0.134. The third-order valence-corrected chi connectivity index (χ3v) is 5.79. The molecule has 0 unspecified atom stereocenters. The molecular weight excluding hydrogens is 372 g/mol. The zero-order valence-electron chi connectivity index (χ0n) is 17.6. The van der Waals surface area contributed by atoms with Crippen LogP contribution in [0.15, 0.2) is 24.3 Å². The van der Waals surface area contributed by atoms with Crippen LogP contribution in [-0.4, -0.2) is 44.6 Å². The van der Waals surface area contributed by atoms with Gasteiger partial charge in [0.25, 0.3) is 0 Å². The molecule has 1 aromatic heterocycles. The summed E-state index contributed by atoms with van der Waals surface area (Å²) >= 11 is 6.48. The predicted octanol–water partition coefficient (Wildman–Crippen LogP) is 4.30. The van der Waals surface area contributed by atoms with Crippen molar-refractivity contribution in [3.63, 3.8) is 0 Å². The fourth-order valence-electron chi connectivity index (χ4n) is 3.77. The van der Waals surface area contributed by atoms with Gasteiger partial charge in [-0.3, -0.25) is 9.69 Å². The highest BCUT2D eigenvalue weighted by atomic mass is 35.5. The summed E-state index contributed by atoms with van der Waals surface area (Å²) in [7, 11) is 0. The SMILES string of the molecule is CCN1CCc2c(c(CN(C(=O)C(C)C)C(C)C)nn2-c2ccccc2Cl)C1. The Bertz CT molecular complexity index is 843. The number of amides is 1. The molecule has 0 fully saturated rings. The van der Waals surface area contributed by atoms with Crippen LogP contribution in [0.4, 0.5) is 0 Å². The van der Waals surface area contributed by atoms with Gasteiger partial charge >= 0.3 is 0 Å². The molecule has 0 radical (unpaired) electrons. The number of carbonyl (C=O) groups excluding carboxylic acids is 1. The number of rotatable bonds is 6. The van der Waals surface area contributed by atoms with Crippen molar-refractivity contribution in [1.82, 2.24) is 19.6 Å². The second-order valence-corrected chi connectivity index (χ2v) is 8.48. The number of aromatic nitrogens is 2. The first-order valence-electron chi connectivity index (χ1n) is 10.2. The van der Waals surface area contributed by atoms with E-state index in [2.05, 4.69) is 25.7 Å². The van der Waals surface area contributed by atoms with Crippen LogP contribution < -0.4 is 0 Å². The molecule has 0 saturated heterocycles. The molecule has 2 aromatic rings. The normalized spacial score (nSPS) is 14.6. The summed E-state index contributed by atoms with van der Waals surface area (Å²) < 4.78 is 2.00. The van der Waals surface area contributed by atoms with Crippen LogP contribution in [0.3, 0.4) is 0 Å². The highest BCUT2D eigenvalue weighted by Gasteiger charge is 2.28. The molecule has 3 rings (SSSR count). The molecule has 28 heavy (non-hydrogen) atoms. The Balaban J connectivity index is 2.06. The van der Waals surface area contributed by atoms with E-state index in [1.807, 2.05) is 47.7 Å². The summed E-state index contributed by atoms with van der Waals surface area (Å²) in [6.07, 6.45) is 0.932. The van der Waals surface area contributed by atoms with Gasteiger partial charge in [-0.15, -0.1) is 0 Å². The molecule has 0 spiro atoms. The van der Waals surface area contributed by atoms with Crippen molar-refractivity contribution in [2.75, 3.05) is 13.1 Å². The van der Waals surface area contributed by atoms with E-state index in [1.165, 1.54) is 11.3 Å². The zero-order chi connectivity index (χ0) is 20.4. The molecule has 1 aromatic carbocycles. The van der Waals surface area contributed by atoms with Gasteiger partial charge in [0.15, 0.2) is 0 Å². The minimum atomic E-state index is -0.0315. The average Bonchev–Trinajstić information content (AvgIpc) is 3.03. The largest absolute Gasteiger partial charge is 0.334 e. The van der Waals surface area contributed by atoms with Gasteiger partial charge in [0, 0.05) is 37.0 Å². The van der Waals surface area contributed by atoms with Crippen LogP contribution in [0.2, 0.25) is 5.02 Å². The van der Waals surface area contributed by atoms with Crippen molar-refractivity contribution in [2.45, 2.75) is 60.2 Å². The Morgan fingerprint density at radius 2 is 1.96 bits per heavy atom. The van der Waals surface area contributed by atoms with Gasteiger partial charge in [-0.2, -0.15) is 5.10 Å². The smallest absolute Gasteiger partial charge is 0.225 e. The minimum absolute atomic E-state index is 0.0315. The highest BCUT2D eigenvalue weighted by Crippen LogP contribution is 2.29. The van der Waals surface area contributed by atoms with Gasteiger partial charge in [-0.05, 0) is 32.5 Å². The van der Waals surface area contributed by atoms with Crippen molar-refractivity contribution in [3.05, 3.63) is 46.2 Å². The first-order chi connectivity index (χ1) is 13.3. The molecule has 1 amide bonds. The lowest BCUT2D eigenvalue weighted by Crippen LogP contribution is -2.39. The van der Waals surface area contributed by atoms with Crippen molar-refractivity contribution in [1.29, 1.82) is 0 Å². The summed E-state index contributed by atoms with van der Waals surface area (Å²) in [5.41, 5.74) is 4.35. The van der Waals surface area contributed by atoms with Crippen molar-refractivity contribution in [2.24, 2.45) is 5.92 Å². The molecule has 5 nitrogen and oxygen atoms in total. The first kappa shape index (κ1) is 20.9. The van der Waals surface area contributed by atoms with Crippen LogP contribution in [-0.2, 0) is 24.3 Å². The quantitative estimate of drug-likeness (QED) is 0.723. The fourth-order valence-corrected chi connectivity index (χ4v) is 3.99. The standard InChI is InChI=1S/C22H31ClN4O/c1-6-25-12-11-20-17(13-25)19(14-26(16(4)5)22(28)15(2)3)24-27(20)21-10-8-7-9-18(21)23/h7-10,15-16H,6,11-14H2,1-5H3. The van der Waals surface area contributed by atoms with E-state index in [-0.39, 0.29) is 17.9 Å². The number of hydrogen-bond donors (Lipinski definition) is 0. The number of halogens is 1. The number of carbonyl (C=O) groups is 1.